The molecular weight excluding hydrogens is 262 g/mol. The van der Waals surface area contributed by atoms with E-state index in [9.17, 15) is 0 Å². The molecule has 1 aliphatic heterocycles. The van der Waals surface area contributed by atoms with Gasteiger partial charge < -0.3 is 14.0 Å². The minimum Gasteiger partial charge on any atom is -0.495 e. The quantitative estimate of drug-likeness (QED) is 0.781. The highest BCUT2D eigenvalue weighted by atomic mass is 35.5. The summed E-state index contributed by atoms with van der Waals surface area (Å²) < 4.78 is 17.4. The summed E-state index contributed by atoms with van der Waals surface area (Å²) in [5.74, 6) is 0.636. The van der Waals surface area contributed by atoms with Crippen molar-refractivity contribution in [3.8, 4) is 5.75 Å². The topological polar surface area (TPSA) is 27.7 Å². The molecule has 0 radical (unpaired) electrons. The number of hydrogen-bond acceptors (Lipinski definition) is 3. The average molecular weight is 283 g/mol. The molecule has 1 heterocycles. The highest BCUT2D eigenvalue weighted by Gasteiger charge is 2.52. The Bertz CT molecular complexity index is 484. The van der Waals surface area contributed by atoms with Crippen molar-refractivity contribution in [3.05, 3.63) is 22.7 Å². The number of rotatable bonds is 2. The van der Waals surface area contributed by atoms with Gasteiger partial charge in [0.05, 0.1) is 23.3 Å². The van der Waals surface area contributed by atoms with Gasteiger partial charge in [-0.15, -0.1) is 0 Å². The number of aryl methyl sites for hydroxylation is 1. The number of ether oxygens (including phenoxy) is 1. The second-order valence-electron chi connectivity index (χ2n) is 5.93. The van der Waals surface area contributed by atoms with Gasteiger partial charge in [-0.25, -0.2) is 0 Å². The molecule has 0 bridgehead atoms. The first-order valence-corrected chi connectivity index (χ1v) is 6.75. The third-order valence-corrected chi connectivity index (χ3v) is 4.34. The van der Waals surface area contributed by atoms with Crippen molar-refractivity contribution in [3.63, 3.8) is 0 Å². The third-order valence-electron chi connectivity index (χ3n) is 4.05. The summed E-state index contributed by atoms with van der Waals surface area (Å²) in [6.07, 6.45) is 0. The molecule has 0 spiro atoms. The number of hydrogen-bond donors (Lipinski definition) is 0. The molecule has 5 heteroatoms. The van der Waals surface area contributed by atoms with E-state index in [-0.39, 0.29) is 11.2 Å². The van der Waals surface area contributed by atoms with Gasteiger partial charge in [0.1, 0.15) is 5.75 Å². The fraction of sp³-hybridized carbons (Fsp3) is 0.571. The second kappa shape index (κ2) is 4.69. The van der Waals surface area contributed by atoms with E-state index < -0.39 is 7.12 Å². The fourth-order valence-electron chi connectivity index (χ4n) is 2.05. The average Bonchev–Trinajstić information content (AvgIpc) is 2.48. The molecule has 1 saturated heterocycles. The molecule has 0 saturated carbocycles. The van der Waals surface area contributed by atoms with Gasteiger partial charge in [0.2, 0.25) is 0 Å². The van der Waals surface area contributed by atoms with Gasteiger partial charge in [0.25, 0.3) is 0 Å². The van der Waals surface area contributed by atoms with Crippen LogP contribution in [0.15, 0.2) is 12.1 Å². The van der Waals surface area contributed by atoms with Crippen LogP contribution in [-0.2, 0) is 9.31 Å². The Kier molecular flexibility index (Phi) is 3.63. The summed E-state index contributed by atoms with van der Waals surface area (Å²) in [5.41, 5.74) is 1.29. The van der Waals surface area contributed by atoms with E-state index in [4.69, 9.17) is 25.6 Å². The van der Waals surface area contributed by atoms with Crippen molar-refractivity contribution in [2.45, 2.75) is 45.8 Å². The van der Waals surface area contributed by atoms with Gasteiger partial charge in [0, 0.05) is 0 Å². The molecule has 0 unspecified atom stereocenters. The lowest BCUT2D eigenvalue weighted by Crippen LogP contribution is -2.41. The summed E-state index contributed by atoms with van der Waals surface area (Å²) in [6, 6.07) is 3.76. The summed E-state index contributed by atoms with van der Waals surface area (Å²) in [4.78, 5) is 0. The Morgan fingerprint density at radius 3 is 2.11 bits per heavy atom. The maximum absolute atomic E-state index is 6.11. The Morgan fingerprint density at radius 1 is 1.11 bits per heavy atom. The predicted octanol–water partition coefficient (Wildman–Crippen LogP) is 2.96. The van der Waals surface area contributed by atoms with Crippen LogP contribution in [0, 0.1) is 6.92 Å². The van der Waals surface area contributed by atoms with Crippen molar-refractivity contribution in [2.75, 3.05) is 7.11 Å². The van der Waals surface area contributed by atoms with E-state index in [1.165, 1.54) is 0 Å². The SMILES string of the molecule is COc1cc(B2OC(C)(C)C(C)(C)O2)c(C)cc1Cl. The van der Waals surface area contributed by atoms with Crippen LogP contribution in [0.2, 0.25) is 5.02 Å². The van der Waals surface area contributed by atoms with Gasteiger partial charge >= 0.3 is 7.12 Å². The molecule has 0 atom stereocenters. The molecular formula is C14H20BClO3. The minimum absolute atomic E-state index is 0.350. The Balaban J connectivity index is 2.39. The molecule has 0 aliphatic carbocycles. The van der Waals surface area contributed by atoms with Gasteiger partial charge in [-0.2, -0.15) is 0 Å². The van der Waals surface area contributed by atoms with Crippen LogP contribution < -0.4 is 10.2 Å². The van der Waals surface area contributed by atoms with Crippen LogP contribution in [0.3, 0.4) is 0 Å². The predicted molar refractivity (Wildman–Crippen MR) is 78.5 cm³/mol. The normalized spacial score (nSPS) is 20.7. The zero-order valence-electron chi connectivity index (χ0n) is 12.3. The lowest BCUT2D eigenvalue weighted by Gasteiger charge is -2.32. The maximum atomic E-state index is 6.11. The summed E-state index contributed by atoms with van der Waals surface area (Å²) in [6.45, 7) is 10.1. The third kappa shape index (κ3) is 2.49. The van der Waals surface area contributed by atoms with Crippen molar-refractivity contribution >= 4 is 24.2 Å². The molecule has 0 aromatic heterocycles. The van der Waals surface area contributed by atoms with E-state index in [0.29, 0.717) is 10.8 Å². The van der Waals surface area contributed by atoms with Crippen LogP contribution in [0.25, 0.3) is 0 Å². The van der Waals surface area contributed by atoms with Crippen LogP contribution in [-0.4, -0.2) is 25.4 Å². The molecule has 1 aliphatic rings. The Hall–Kier alpha value is -0.705. The molecule has 0 amide bonds. The molecule has 1 fully saturated rings. The smallest absolute Gasteiger partial charge is 0.495 e. The highest BCUT2D eigenvalue weighted by molar-refractivity contribution is 6.62. The molecule has 19 heavy (non-hydrogen) atoms. The van der Waals surface area contributed by atoms with Crippen LogP contribution in [0.5, 0.6) is 5.75 Å². The Morgan fingerprint density at radius 2 is 1.63 bits per heavy atom. The molecule has 2 rings (SSSR count). The number of benzene rings is 1. The summed E-state index contributed by atoms with van der Waals surface area (Å²) >= 11 is 6.11. The van der Waals surface area contributed by atoms with Crippen LogP contribution in [0.4, 0.5) is 0 Å². The maximum Gasteiger partial charge on any atom is 0.495 e. The van der Waals surface area contributed by atoms with Gasteiger partial charge in [-0.1, -0.05) is 11.6 Å². The van der Waals surface area contributed by atoms with E-state index in [1.54, 1.807) is 7.11 Å². The molecule has 104 valence electrons. The number of methoxy groups -OCH3 is 1. The monoisotopic (exact) mass is 282 g/mol. The number of halogens is 1. The van der Waals surface area contributed by atoms with Crippen LogP contribution >= 0.6 is 11.6 Å². The van der Waals surface area contributed by atoms with Gasteiger partial charge in [-0.3, -0.25) is 0 Å². The zero-order chi connectivity index (χ0) is 14.4. The molecule has 1 aromatic rings. The first-order chi connectivity index (χ1) is 8.68. The minimum atomic E-state index is -0.392. The first kappa shape index (κ1) is 14.7. The Labute approximate surface area is 120 Å². The zero-order valence-corrected chi connectivity index (χ0v) is 13.1. The van der Waals surface area contributed by atoms with Gasteiger partial charge in [-0.05, 0) is 57.8 Å². The first-order valence-electron chi connectivity index (χ1n) is 6.37. The fourth-order valence-corrected chi connectivity index (χ4v) is 2.34. The van der Waals surface area contributed by atoms with E-state index in [0.717, 1.165) is 11.0 Å². The van der Waals surface area contributed by atoms with Crippen molar-refractivity contribution in [1.82, 2.24) is 0 Å². The highest BCUT2D eigenvalue weighted by Crippen LogP contribution is 2.37. The lowest BCUT2D eigenvalue weighted by atomic mass is 9.76. The standard InChI is InChI=1S/C14H20BClO3/c1-9-7-11(16)12(17-6)8-10(9)15-18-13(2,3)14(4,5)19-15/h7-8H,1-6H3. The van der Waals surface area contributed by atoms with E-state index >= 15 is 0 Å². The largest absolute Gasteiger partial charge is 0.495 e. The van der Waals surface area contributed by atoms with Crippen molar-refractivity contribution in [2.24, 2.45) is 0 Å². The van der Waals surface area contributed by atoms with E-state index in [1.807, 2.05) is 46.8 Å². The second-order valence-corrected chi connectivity index (χ2v) is 6.34. The van der Waals surface area contributed by atoms with Crippen molar-refractivity contribution < 1.29 is 14.0 Å². The molecule has 3 nitrogen and oxygen atoms in total. The molecule has 0 N–H and O–H groups in total. The van der Waals surface area contributed by atoms with E-state index in [2.05, 4.69) is 0 Å². The van der Waals surface area contributed by atoms with Crippen LogP contribution in [0.1, 0.15) is 33.3 Å². The lowest BCUT2D eigenvalue weighted by molar-refractivity contribution is 0.00578. The van der Waals surface area contributed by atoms with Crippen molar-refractivity contribution in [1.29, 1.82) is 0 Å². The summed E-state index contributed by atoms with van der Waals surface area (Å²) in [5, 5.41) is 0.597. The van der Waals surface area contributed by atoms with Gasteiger partial charge in [0.15, 0.2) is 0 Å². The molecule has 1 aromatic carbocycles. The summed E-state index contributed by atoms with van der Waals surface area (Å²) in [7, 11) is 1.21.